The Morgan fingerprint density at radius 3 is 2.78 bits per heavy atom. The second-order valence-corrected chi connectivity index (χ2v) is 1.98. The third-order valence-corrected chi connectivity index (χ3v) is 1.13. The Morgan fingerprint density at radius 1 is 1.89 bits per heavy atom. The molecule has 9 heavy (non-hydrogen) atoms. The van der Waals surface area contributed by atoms with Crippen molar-refractivity contribution < 1.29 is 5.21 Å². The summed E-state index contributed by atoms with van der Waals surface area (Å²) in [6, 6.07) is 0. The molecule has 54 valence electrons. The molecule has 4 heteroatoms. The first kappa shape index (κ1) is 8.23. The molecule has 0 rings (SSSR count). The largest absolute Gasteiger partial charge is 0.409 e. The van der Waals surface area contributed by atoms with Crippen LogP contribution in [0.4, 0.5) is 0 Å². The SMILES string of the molecule is CNCC(C)/C(N)=N/O. The summed E-state index contributed by atoms with van der Waals surface area (Å²) in [4.78, 5) is 0. The second-order valence-electron chi connectivity index (χ2n) is 1.98. The molecule has 0 aromatic carbocycles. The van der Waals surface area contributed by atoms with Crippen molar-refractivity contribution in [1.29, 1.82) is 0 Å². The van der Waals surface area contributed by atoms with Crippen LogP contribution in [-0.2, 0) is 0 Å². The normalized spacial score (nSPS) is 15.6. The quantitative estimate of drug-likeness (QED) is 0.211. The lowest BCUT2D eigenvalue weighted by atomic mass is 10.2. The first-order valence-corrected chi connectivity index (χ1v) is 2.84. The van der Waals surface area contributed by atoms with Crippen LogP contribution in [0.5, 0.6) is 0 Å². The van der Waals surface area contributed by atoms with E-state index in [0.29, 0.717) is 0 Å². The van der Waals surface area contributed by atoms with Gasteiger partial charge < -0.3 is 16.3 Å². The van der Waals surface area contributed by atoms with Gasteiger partial charge in [-0.1, -0.05) is 12.1 Å². The summed E-state index contributed by atoms with van der Waals surface area (Å²) < 4.78 is 0. The molecule has 0 saturated heterocycles. The molecular weight excluding hydrogens is 118 g/mol. The van der Waals surface area contributed by atoms with Gasteiger partial charge in [-0.15, -0.1) is 0 Å². The summed E-state index contributed by atoms with van der Waals surface area (Å²) in [6.45, 7) is 2.61. The lowest BCUT2D eigenvalue weighted by Gasteiger charge is -2.06. The average molecular weight is 131 g/mol. The van der Waals surface area contributed by atoms with Crippen LogP contribution in [0, 0.1) is 5.92 Å². The van der Waals surface area contributed by atoms with E-state index < -0.39 is 0 Å². The zero-order chi connectivity index (χ0) is 7.28. The maximum absolute atomic E-state index is 8.17. The molecule has 0 aliphatic carbocycles. The summed E-state index contributed by atoms with van der Waals surface area (Å²) in [6.07, 6.45) is 0. The van der Waals surface area contributed by atoms with E-state index in [9.17, 15) is 0 Å². The molecule has 0 bridgehead atoms. The Hall–Kier alpha value is -0.770. The fraction of sp³-hybridized carbons (Fsp3) is 0.800. The minimum atomic E-state index is 0.0972. The molecule has 0 aromatic heterocycles. The fourth-order valence-corrected chi connectivity index (χ4v) is 0.509. The molecule has 0 heterocycles. The molecule has 0 amide bonds. The van der Waals surface area contributed by atoms with E-state index in [2.05, 4.69) is 10.5 Å². The van der Waals surface area contributed by atoms with Crippen molar-refractivity contribution in [3.05, 3.63) is 0 Å². The average Bonchev–Trinajstić information content (AvgIpc) is 1.87. The number of hydrogen-bond acceptors (Lipinski definition) is 3. The van der Waals surface area contributed by atoms with E-state index in [4.69, 9.17) is 10.9 Å². The van der Waals surface area contributed by atoms with E-state index in [-0.39, 0.29) is 11.8 Å². The van der Waals surface area contributed by atoms with Crippen LogP contribution in [0.3, 0.4) is 0 Å². The van der Waals surface area contributed by atoms with E-state index in [1.54, 1.807) is 0 Å². The van der Waals surface area contributed by atoms with Gasteiger partial charge >= 0.3 is 0 Å². The topological polar surface area (TPSA) is 70.6 Å². The van der Waals surface area contributed by atoms with Gasteiger partial charge in [0.15, 0.2) is 0 Å². The summed E-state index contributed by atoms with van der Waals surface area (Å²) in [5, 5.41) is 13.9. The first-order chi connectivity index (χ1) is 4.22. The molecule has 0 spiro atoms. The Labute approximate surface area is 54.7 Å². The molecule has 0 aliphatic rings. The van der Waals surface area contributed by atoms with E-state index in [1.807, 2.05) is 14.0 Å². The molecular formula is C5H13N3O. The maximum atomic E-state index is 8.17. The van der Waals surface area contributed by atoms with Crippen molar-refractivity contribution in [3.63, 3.8) is 0 Å². The highest BCUT2D eigenvalue weighted by molar-refractivity contribution is 5.81. The van der Waals surface area contributed by atoms with Gasteiger partial charge in [0.1, 0.15) is 5.84 Å². The molecule has 1 unspecified atom stereocenters. The van der Waals surface area contributed by atoms with E-state index >= 15 is 0 Å². The van der Waals surface area contributed by atoms with Crippen LogP contribution in [-0.4, -0.2) is 24.6 Å². The molecule has 0 aromatic rings. The number of nitrogens with one attached hydrogen (secondary N) is 1. The van der Waals surface area contributed by atoms with Crippen LogP contribution in [0.25, 0.3) is 0 Å². The van der Waals surface area contributed by atoms with Crippen LogP contribution in [0.15, 0.2) is 5.16 Å². The van der Waals surface area contributed by atoms with Crippen molar-refractivity contribution in [1.82, 2.24) is 5.32 Å². The van der Waals surface area contributed by atoms with Crippen molar-refractivity contribution in [2.75, 3.05) is 13.6 Å². The van der Waals surface area contributed by atoms with Gasteiger partial charge in [-0.2, -0.15) is 0 Å². The molecule has 4 N–H and O–H groups in total. The van der Waals surface area contributed by atoms with Gasteiger partial charge in [0.25, 0.3) is 0 Å². The molecule has 0 saturated carbocycles. The molecule has 1 atom stereocenters. The van der Waals surface area contributed by atoms with Gasteiger partial charge in [-0.05, 0) is 7.05 Å². The zero-order valence-electron chi connectivity index (χ0n) is 5.76. The Bertz CT molecular complexity index is 102. The third-order valence-electron chi connectivity index (χ3n) is 1.13. The predicted octanol–water partition coefficient (Wildman–Crippen LogP) is -0.412. The predicted molar refractivity (Wildman–Crippen MR) is 36.5 cm³/mol. The summed E-state index contributed by atoms with van der Waals surface area (Å²) >= 11 is 0. The maximum Gasteiger partial charge on any atom is 0.143 e. The first-order valence-electron chi connectivity index (χ1n) is 2.84. The molecule has 0 radical (unpaired) electrons. The number of nitrogens with two attached hydrogens (primary N) is 1. The Kier molecular flexibility index (Phi) is 3.79. The third kappa shape index (κ3) is 2.92. The number of nitrogens with zero attached hydrogens (tertiary/aromatic N) is 1. The van der Waals surface area contributed by atoms with Crippen molar-refractivity contribution in [2.45, 2.75) is 6.92 Å². The van der Waals surface area contributed by atoms with Crippen LogP contribution >= 0.6 is 0 Å². The molecule has 4 nitrogen and oxygen atoms in total. The zero-order valence-corrected chi connectivity index (χ0v) is 5.76. The number of rotatable bonds is 3. The van der Waals surface area contributed by atoms with Crippen LogP contribution in [0.1, 0.15) is 6.92 Å². The summed E-state index contributed by atoms with van der Waals surface area (Å²) in [5.74, 6) is 0.365. The van der Waals surface area contributed by atoms with E-state index in [1.165, 1.54) is 0 Å². The summed E-state index contributed by atoms with van der Waals surface area (Å²) in [7, 11) is 1.82. The Balaban J connectivity index is 3.59. The molecule has 0 aliphatic heterocycles. The van der Waals surface area contributed by atoms with Gasteiger partial charge in [0, 0.05) is 12.5 Å². The van der Waals surface area contributed by atoms with Gasteiger partial charge in [0.05, 0.1) is 0 Å². The lowest BCUT2D eigenvalue weighted by Crippen LogP contribution is -2.29. The van der Waals surface area contributed by atoms with Gasteiger partial charge in [-0.25, -0.2) is 0 Å². The number of hydrogen-bond donors (Lipinski definition) is 3. The molecule has 0 fully saturated rings. The number of amidine groups is 1. The second kappa shape index (κ2) is 4.14. The van der Waals surface area contributed by atoms with Crippen molar-refractivity contribution >= 4 is 5.84 Å². The minimum Gasteiger partial charge on any atom is -0.409 e. The summed E-state index contributed by atoms with van der Waals surface area (Å²) in [5.41, 5.74) is 5.26. The monoisotopic (exact) mass is 131 g/mol. The highest BCUT2D eigenvalue weighted by Gasteiger charge is 2.03. The van der Waals surface area contributed by atoms with Crippen molar-refractivity contribution in [3.8, 4) is 0 Å². The standard InChI is InChI=1S/C5H13N3O/c1-4(3-7-2)5(6)8-9/h4,7,9H,3H2,1-2H3,(H2,6,8). The van der Waals surface area contributed by atoms with E-state index in [0.717, 1.165) is 6.54 Å². The van der Waals surface area contributed by atoms with Gasteiger partial charge in [0.2, 0.25) is 0 Å². The van der Waals surface area contributed by atoms with Crippen LogP contribution in [0.2, 0.25) is 0 Å². The van der Waals surface area contributed by atoms with Crippen molar-refractivity contribution in [2.24, 2.45) is 16.8 Å². The van der Waals surface area contributed by atoms with Gasteiger partial charge in [-0.3, -0.25) is 0 Å². The van der Waals surface area contributed by atoms with Crippen LogP contribution < -0.4 is 11.1 Å². The lowest BCUT2D eigenvalue weighted by molar-refractivity contribution is 0.314. The highest BCUT2D eigenvalue weighted by Crippen LogP contribution is 1.89. The number of oxime groups is 1. The fourth-order valence-electron chi connectivity index (χ4n) is 0.509. The highest BCUT2D eigenvalue weighted by atomic mass is 16.4. The smallest absolute Gasteiger partial charge is 0.143 e. The Morgan fingerprint density at radius 2 is 2.44 bits per heavy atom. The minimum absolute atomic E-state index is 0.0972.